The second-order valence-corrected chi connectivity index (χ2v) is 7.74. The fourth-order valence-corrected chi connectivity index (χ4v) is 3.12. The Kier molecular flexibility index (Phi) is 5.63. The molecule has 0 aliphatic heterocycles. The van der Waals surface area contributed by atoms with Crippen LogP contribution < -0.4 is 5.73 Å². The standard InChI is InChI=1S/C13H20ClNO2S/c1-10(2)18(16,17)8-7-11(9-15)12-5-3-4-6-13(12)14/h3-6,10-11H,7-9,15H2,1-2H3. The molecule has 0 spiro atoms. The van der Waals surface area contributed by atoms with Gasteiger partial charge in [-0.25, -0.2) is 8.42 Å². The first-order chi connectivity index (χ1) is 8.38. The van der Waals surface area contributed by atoms with Gasteiger partial charge in [-0.3, -0.25) is 0 Å². The third-order valence-electron chi connectivity index (χ3n) is 3.10. The number of hydrogen-bond acceptors (Lipinski definition) is 3. The van der Waals surface area contributed by atoms with Crippen molar-refractivity contribution >= 4 is 21.4 Å². The molecule has 2 N–H and O–H groups in total. The van der Waals surface area contributed by atoms with Crippen LogP contribution in [-0.4, -0.2) is 26.0 Å². The smallest absolute Gasteiger partial charge is 0.152 e. The fraction of sp³-hybridized carbons (Fsp3) is 0.538. The normalized spacial score (nSPS) is 13.8. The van der Waals surface area contributed by atoms with Crippen LogP contribution in [0.4, 0.5) is 0 Å². The van der Waals surface area contributed by atoms with Gasteiger partial charge in [0.15, 0.2) is 9.84 Å². The highest BCUT2D eigenvalue weighted by molar-refractivity contribution is 7.91. The third kappa shape index (κ3) is 3.97. The van der Waals surface area contributed by atoms with Crippen molar-refractivity contribution in [3.8, 4) is 0 Å². The van der Waals surface area contributed by atoms with E-state index in [1.54, 1.807) is 19.9 Å². The molecule has 0 saturated heterocycles. The van der Waals surface area contributed by atoms with Crippen LogP contribution in [0.5, 0.6) is 0 Å². The second-order valence-electron chi connectivity index (χ2n) is 4.66. The van der Waals surface area contributed by atoms with E-state index in [0.717, 1.165) is 5.56 Å². The van der Waals surface area contributed by atoms with Gasteiger partial charge in [-0.1, -0.05) is 29.8 Å². The number of nitrogens with two attached hydrogens (primary N) is 1. The van der Waals surface area contributed by atoms with Gasteiger partial charge >= 0.3 is 0 Å². The van der Waals surface area contributed by atoms with E-state index in [-0.39, 0.29) is 16.9 Å². The molecule has 102 valence electrons. The van der Waals surface area contributed by atoms with E-state index >= 15 is 0 Å². The Labute approximate surface area is 114 Å². The summed E-state index contributed by atoms with van der Waals surface area (Å²) in [7, 11) is -3.02. The van der Waals surface area contributed by atoms with Gasteiger partial charge in [0.1, 0.15) is 0 Å². The van der Waals surface area contributed by atoms with Crippen LogP contribution in [0.2, 0.25) is 5.02 Å². The predicted molar refractivity (Wildman–Crippen MR) is 76.8 cm³/mol. The monoisotopic (exact) mass is 289 g/mol. The second kappa shape index (κ2) is 6.55. The van der Waals surface area contributed by atoms with Crippen molar-refractivity contribution < 1.29 is 8.42 Å². The molecule has 0 aliphatic rings. The highest BCUT2D eigenvalue weighted by Gasteiger charge is 2.20. The number of halogens is 1. The van der Waals surface area contributed by atoms with Crippen molar-refractivity contribution in [1.29, 1.82) is 0 Å². The van der Waals surface area contributed by atoms with E-state index in [1.807, 2.05) is 18.2 Å². The molecule has 1 unspecified atom stereocenters. The molecule has 1 aromatic carbocycles. The largest absolute Gasteiger partial charge is 0.330 e. The van der Waals surface area contributed by atoms with Gasteiger partial charge in [0.2, 0.25) is 0 Å². The van der Waals surface area contributed by atoms with E-state index in [4.69, 9.17) is 17.3 Å². The van der Waals surface area contributed by atoms with Gasteiger partial charge in [0, 0.05) is 5.02 Å². The van der Waals surface area contributed by atoms with Crippen molar-refractivity contribution in [2.45, 2.75) is 31.4 Å². The number of sulfone groups is 1. The van der Waals surface area contributed by atoms with Crippen molar-refractivity contribution in [2.24, 2.45) is 5.73 Å². The summed E-state index contributed by atoms with van der Waals surface area (Å²) in [5.74, 6) is 0.143. The lowest BCUT2D eigenvalue weighted by Gasteiger charge is -2.17. The topological polar surface area (TPSA) is 60.2 Å². The Morgan fingerprint density at radius 2 is 1.89 bits per heavy atom. The van der Waals surface area contributed by atoms with E-state index in [2.05, 4.69) is 0 Å². The maximum Gasteiger partial charge on any atom is 0.152 e. The first-order valence-electron chi connectivity index (χ1n) is 6.04. The lowest BCUT2D eigenvalue weighted by atomic mass is 9.97. The van der Waals surface area contributed by atoms with Gasteiger partial charge in [-0.2, -0.15) is 0 Å². The molecule has 5 heteroatoms. The summed E-state index contributed by atoms with van der Waals surface area (Å²) in [6, 6.07) is 7.45. The molecule has 3 nitrogen and oxygen atoms in total. The summed E-state index contributed by atoms with van der Waals surface area (Å²) in [5, 5.41) is 0.303. The molecule has 0 heterocycles. The summed E-state index contributed by atoms with van der Waals surface area (Å²) in [4.78, 5) is 0. The van der Waals surface area contributed by atoms with Gasteiger partial charge < -0.3 is 5.73 Å². The van der Waals surface area contributed by atoms with E-state index < -0.39 is 9.84 Å². The Hall–Kier alpha value is -0.580. The number of rotatable bonds is 6. The molecule has 1 aromatic rings. The Bertz CT molecular complexity index is 486. The van der Waals surface area contributed by atoms with Crippen molar-refractivity contribution in [3.05, 3.63) is 34.9 Å². The quantitative estimate of drug-likeness (QED) is 0.876. The van der Waals surface area contributed by atoms with Crippen LogP contribution in [0.3, 0.4) is 0 Å². The number of hydrogen-bond donors (Lipinski definition) is 1. The molecule has 1 rings (SSSR count). The van der Waals surface area contributed by atoms with Gasteiger partial charge in [0.05, 0.1) is 11.0 Å². The molecule has 0 saturated carbocycles. The molecule has 0 amide bonds. The van der Waals surface area contributed by atoms with Crippen LogP contribution >= 0.6 is 11.6 Å². The lowest BCUT2D eigenvalue weighted by Crippen LogP contribution is -2.22. The summed E-state index contributed by atoms with van der Waals surface area (Å²) in [5.41, 5.74) is 6.66. The van der Waals surface area contributed by atoms with Crippen LogP contribution in [0, 0.1) is 0 Å². The maximum atomic E-state index is 11.8. The van der Waals surface area contributed by atoms with Gasteiger partial charge in [-0.05, 0) is 44.4 Å². The highest BCUT2D eigenvalue weighted by atomic mass is 35.5. The first kappa shape index (κ1) is 15.5. The summed E-state index contributed by atoms with van der Waals surface area (Å²) < 4.78 is 23.6. The van der Waals surface area contributed by atoms with Crippen molar-refractivity contribution in [1.82, 2.24) is 0 Å². The highest BCUT2D eigenvalue weighted by Crippen LogP contribution is 2.26. The Morgan fingerprint density at radius 3 is 2.39 bits per heavy atom. The summed E-state index contributed by atoms with van der Waals surface area (Å²) >= 11 is 6.11. The molecular weight excluding hydrogens is 270 g/mol. The van der Waals surface area contributed by atoms with Crippen LogP contribution in [0.1, 0.15) is 31.7 Å². The van der Waals surface area contributed by atoms with Gasteiger partial charge in [-0.15, -0.1) is 0 Å². The molecule has 1 atom stereocenters. The Balaban J connectivity index is 2.79. The van der Waals surface area contributed by atoms with Crippen molar-refractivity contribution in [3.63, 3.8) is 0 Å². The van der Waals surface area contributed by atoms with Crippen molar-refractivity contribution in [2.75, 3.05) is 12.3 Å². The minimum absolute atomic E-state index is 0.00720. The molecule has 0 fully saturated rings. The van der Waals surface area contributed by atoms with E-state index in [9.17, 15) is 8.42 Å². The number of benzene rings is 1. The minimum Gasteiger partial charge on any atom is -0.330 e. The Morgan fingerprint density at radius 1 is 1.28 bits per heavy atom. The summed E-state index contributed by atoms with van der Waals surface area (Å²) in [6.45, 7) is 3.79. The molecule has 0 bridgehead atoms. The predicted octanol–water partition coefficient (Wildman–Crippen LogP) is 2.60. The molecule has 0 radical (unpaired) electrons. The van der Waals surface area contributed by atoms with Crippen LogP contribution in [0.25, 0.3) is 0 Å². The zero-order valence-corrected chi connectivity index (χ0v) is 12.3. The van der Waals surface area contributed by atoms with Gasteiger partial charge in [0.25, 0.3) is 0 Å². The lowest BCUT2D eigenvalue weighted by molar-refractivity contribution is 0.576. The molecular formula is C13H20ClNO2S. The van der Waals surface area contributed by atoms with Crippen LogP contribution in [0.15, 0.2) is 24.3 Å². The maximum absolute atomic E-state index is 11.8. The average molecular weight is 290 g/mol. The molecule has 18 heavy (non-hydrogen) atoms. The minimum atomic E-state index is -3.02. The molecule has 0 aromatic heterocycles. The SMILES string of the molecule is CC(C)S(=O)(=O)CCC(CN)c1ccccc1Cl. The van der Waals surface area contributed by atoms with E-state index in [0.29, 0.717) is 18.0 Å². The van der Waals surface area contributed by atoms with E-state index in [1.165, 1.54) is 0 Å². The van der Waals surface area contributed by atoms with Crippen LogP contribution in [-0.2, 0) is 9.84 Å². The third-order valence-corrected chi connectivity index (χ3v) is 5.68. The first-order valence-corrected chi connectivity index (χ1v) is 8.14. The zero-order valence-electron chi connectivity index (χ0n) is 10.8. The zero-order chi connectivity index (χ0) is 13.8. The molecule has 0 aliphatic carbocycles. The summed E-state index contributed by atoms with van der Waals surface area (Å²) in [6.07, 6.45) is 0.515. The fourth-order valence-electron chi connectivity index (χ4n) is 1.75. The average Bonchev–Trinajstić information content (AvgIpc) is 2.31.